The minimum Gasteiger partial charge on any atom is -0.495 e. The first-order chi connectivity index (χ1) is 9.08. The summed E-state index contributed by atoms with van der Waals surface area (Å²) < 4.78 is 5.19. The molecule has 19 heavy (non-hydrogen) atoms. The summed E-state index contributed by atoms with van der Waals surface area (Å²) >= 11 is 0. The number of nitrogens with two attached hydrogens (primary N) is 1. The minimum atomic E-state index is 0.736. The number of piperidine rings is 1. The molecule has 106 valence electrons. The van der Waals surface area contributed by atoms with E-state index in [-0.39, 0.29) is 0 Å². The summed E-state index contributed by atoms with van der Waals surface area (Å²) in [4.78, 5) is 2.58. The number of likely N-dealkylation sites (tertiary alicyclic amines) is 1. The monoisotopic (exact) mass is 262 g/mol. The largest absolute Gasteiger partial charge is 0.495 e. The summed E-state index contributed by atoms with van der Waals surface area (Å²) in [6.07, 6.45) is 2.43. The third kappa shape index (κ3) is 3.87. The first kappa shape index (κ1) is 14.2. The number of benzene rings is 1. The topological polar surface area (TPSA) is 38.5 Å². The van der Waals surface area contributed by atoms with Crippen LogP contribution in [-0.2, 0) is 6.42 Å². The van der Waals surface area contributed by atoms with Crippen molar-refractivity contribution in [2.45, 2.75) is 26.7 Å². The van der Waals surface area contributed by atoms with Gasteiger partial charge in [0, 0.05) is 19.6 Å². The maximum atomic E-state index is 5.95. The first-order valence-corrected chi connectivity index (χ1v) is 7.23. The lowest BCUT2D eigenvalue weighted by Crippen LogP contribution is -2.39. The number of hydrogen-bond acceptors (Lipinski definition) is 3. The van der Waals surface area contributed by atoms with Crippen LogP contribution in [-0.4, -0.2) is 31.6 Å². The molecule has 2 N–H and O–H groups in total. The minimum absolute atomic E-state index is 0.736. The van der Waals surface area contributed by atoms with Gasteiger partial charge >= 0.3 is 0 Å². The zero-order valence-corrected chi connectivity index (χ0v) is 12.4. The van der Waals surface area contributed by atoms with Gasteiger partial charge in [0.25, 0.3) is 0 Å². The summed E-state index contributed by atoms with van der Waals surface area (Å²) in [5.74, 6) is 2.42. The second kappa shape index (κ2) is 6.29. The number of hydrogen-bond donors (Lipinski definition) is 1. The molecule has 3 heteroatoms. The molecule has 1 saturated heterocycles. The number of ether oxygens (including phenoxy) is 1. The Kier molecular flexibility index (Phi) is 4.70. The van der Waals surface area contributed by atoms with E-state index in [1.54, 1.807) is 7.11 Å². The highest BCUT2D eigenvalue weighted by atomic mass is 16.5. The van der Waals surface area contributed by atoms with Crippen LogP contribution in [0.25, 0.3) is 0 Å². The SMILES string of the molecule is COc1ccc(CCN2CC(C)CC(C)C2)cc1N. The van der Waals surface area contributed by atoms with Gasteiger partial charge in [0.1, 0.15) is 5.75 Å². The number of nitrogens with zero attached hydrogens (tertiary/aromatic N) is 1. The van der Waals surface area contributed by atoms with Crippen LogP contribution in [0.15, 0.2) is 18.2 Å². The lowest BCUT2D eigenvalue weighted by atomic mass is 9.91. The maximum Gasteiger partial charge on any atom is 0.141 e. The Morgan fingerprint density at radius 3 is 2.53 bits per heavy atom. The van der Waals surface area contributed by atoms with Gasteiger partial charge in [0.05, 0.1) is 12.8 Å². The molecule has 1 aliphatic rings. The summed E-state index contributed by atoms with van der Waals surface area (Å²) in [6.45, 7) is 8.30. The lowest BCUT2D eigenvalue weighted by molar-refractivity contribution is 0.142. The van der Waals surface area contributed by atoms with E-state index in [2.05, 4.69) is 24.8 Å². The molecule has 0 aromatic heterocycles. The van der Waals surface area contributed by atoms with Gasteiger partial charge in [-0.2, -0.15) is 0 Å². The van der Waals surface area contributed by atoms with Crippen molar-refractivity contribution in [3.63, 3.8) is 0 Å². The van der Waals surface area contributed by atoms with Gasteiger partial charge in [-0.25, -0.2) is 0 Å². The van der Waals surface area contributed by atoms with Gasteiger partial charge in [0.2, 0.25) is 0 Å². The molecule has 1 aliphatic heterocycles. The predicted octanol–water partition coefficient (Wildman–Crippen LogP) is 2.80. The molecule has 1 fully saturated rings. The summed E-state index contributed by atoms with van der Waals surface area (Å²) in [5, 5.41) is 0. The molecule has 0 radical (unpaired) electrons. The van der Waals surface area contributed by atoms with Gasteiger partial charge in [-0.3, -0.25) is 0 Å². The number of methoxy groups -OCH3 is 1. The molecule has 0 saturated carbocycles. The van der Waals surface area contributed by atoms with E-state index in [1.165, 1.54) is 25.1 Å². The van der Waals surface area contributed by atoms with E-state index in [4.69, 9.17) is 10.5 Å². The van der Waals surface area contributed by atoms with Crippen LogP contribution in [0.5, 0.6) is 5.75 Å². The van der Waals surface area contributed by atoms with Crippen molar-refractivity contribution in [2.75, 3.05) is 32.5 Å². The fourth-order valence-corrected chi connectivity index (χ4v) is 3.20. The normalized spacial score (nSPS) is 24.4. The molecule has 2 unspecified atom stereocenters. The molecule has 1 aromatic rings. The zero-order chi connectivity index (χ0) is 13.8. The quantitative estimate of drug-likeness (QED) is 0.848. The van der Waals surface area contributed by atoms with Crippen LogP contribution in [0.3, 0.4) is 0 Å². The Balaban J connectivity index is 1.89. The smallest absolute Gasteiger partial charge is 0.141 e. The highest BCUT2D eigenvalue weighted by Crippen LogP contribution is 2.24. The average molecular weight is 262 g/mol. The van der Waals surface area contributed by atoms with E-state index >= 15 is 0 Å². The fraction of sp³-hybridized carbons (Fsp3) is 0.625. The molecule has 0 bridgehead atoms. The van der Waals surface area contributed by atoms with E-state index in [0.717, 1.165) is 36.2 Å². The van der Waals surface area contributed by atoms with Gasteiger partial charge < -0.3 is 15.4 Å². The van der Waals surface area contributed by atoms with E-state index in [1.807, 2.05) is 12.1 Å². The van der Waals surface area contributed by atoms with E-state index < -0.39 is 0 Å². The molecule has 2 atom stereocenters. The number of rotatable bonds is 4. The van der Waals surface area contributed by atoms with Gasteiger partial charge in [-0.05, 0) is 42.4 Å². The van der Waals surface area contributed by atoms with Crippen LogP contribution < -0.4 is 10.5 Å². The molecule has 1 aromatic carbocycles. The predicted molar refractivity (Wildman–Crippen MR) is 80.5 cm³/mol. The van der Waals surface area contributed by atoms with E-state index in [9.17, 15) is 0 Å². The zero-order valence-electron chi connectivity index (χ0n) is 12.4. The summed E-state index contributed by atoms with van der Waals surface area (Å²) in [5.41, 5.74) is 7.98. The van der Waals surface area contributed by atoms with Crippen molar-refractivity contribution in [3.05, 3.63) is 23.8 Å². The molecule has 1 heterocycles. The molecule has 0 spiro atoms. The van der Waals surface area contributed by atoms with Gasteiger partial charge in [-0.15, -0.1) is 0 Å². The fourth-order valence-electron chi connectivity index (χ4n) is 3.20. The van der Waals surface area contributed by atoms with Gasteiger partial charge in [-0.1, -0.05) is 19.9 Å². The standard InChI is InChI=1S/C16H26N2O/c1-12-8-13(2)11-18(10-12)7-6-14-4-5-16(19-3)15(17)9-14/h4-5,9,12-13H,6-8,10-11,17H2,1-3H3. The van der Waals surface area contributed by atoms with Crippen LogP contribution in [0.2, 0.25) is 0 Å². The Hall–Kier alpha value is -1.22. The Morgan fingerprint density at radius 2 is 1.95 bits per heavy atom. The molecular formula is C16H26N2O. The van der Waals surface area contributed by atoms with Crippen molar-refractivity contribution in [3.8, 4) is 5.75 Å². The van der Waals surface area contributed by atoms with Gasteiger partial charge in [0.15, 0.2) is 0 Å². The molecule has 0 aliphatic carbocycles. The summed E-state index contributed by atoms with van der Waals surface area (Å²) in [7, 11) is 1.65. The van der Waals surface area contributed by atoms with Crippen LogP contribution in [0.4, 0.5) is 5.69 Å². The molecule has 3 nitrogen and oxygen atoms in total. The van der Waals surface area contributed by atoms with Crippen molar-refractivity contribution < 1.29 is 4.74 Å². The Labute approximate surface area is 116 Å². The maximum absolute atomic E-state index is 5.95. The summed E-state index contributed by atoms with van der Waals surface area (Å²) in [6, 6.07) is 6.12. The van der Waals surface area contributed by atoms with Crippen molar-refractivity contribution >= 4 is 5.69 Å². The number of anilines is 1. The molecular weight excluding hydrogens is 236 g/mol. The van der Waals surface area contributed by atoms with Crippen molar-refractivity contribution in [1.82, 2.24) is 4.90 Å². The molecule has 0 amide bonds. The van der Waals surface area contributed by atoms with Crippen LogP contribution >= 0.6 is 0 Å². The Bertz CT molecular complexity index is 409. The molecule has 2 rings (SSSR count). The third-order valence-corrected chi connectivity index (χ3v) is 3.96. The third-order valence-electron chi connectivity index (χ3n) is 3.96. The second-order valence-electron chi connectivity index (χ2n) is 6.03. The highest BCUT2D eigenvalue weighted by Gasteiger charge is 2.21. The second-order valence-corrected chi connectivity index (χ2v) is 6.03. The van der Waals surface area contributed by atoms with Crippen molar-refractivity contribution in [1.29, 1.82) is 0 Å². The number of nitrogen functional groups attached to an aromatic ring is 1. The lowest BCUT2D eigenvalue weighted by Gasteiger charge is -2.35. The highest BCUT2D eigenvalue weighted by molar-refractivity contribution is 5.54. The Morgan fingerprint density at radius 1 is 1.26 bits per heavy atom. The van der Waals surface area contributed by atoms with Crippen molar-refractivity contribution in [2.24, 2.45) is 11.8 Å². The average Bonchev–Trinajstić information content (AvgIpc) is 2.35. The first-order valence-electron chi connectivity index (χ1n) is 7.23. The van der Waals surface area contributed by atoms with Crippen LogP contribution in [0.1, 0.15) is 25.8 Å². The van der Waals surface area contributed by atoms with E-state index in [0.29, 0.717) is 0 Å². The van der Waals surface area contributed by atoms with Crippen LogP contribution in [0, 0.1) is 11.8 Å².